The van der Waals surface area contributed by atoms with E-state index >= 15 is 0 Å². The molecule has 1 aromatic carbocycles. The Kier molecular flexibility index (Phi) is 5.74. The summed E-state index contributed by atoms with van der Waals surface area (Å²) in [4.78, 5) is 0.147. The molecule has 1 aliphatic heterocycles. The van der Waals surface area contributed by atoms with Crippen LogP contribution in [-0.2, 0) is 25.5 Å². The average Bonchev–Trinajstić information content (AvgIpc) is 3.01. The quantitative estimate of drug-likeness (QED) is 0.821. The van der Waals surface area contributed by atoms with E-state index in [0.717, 1.165) is 18.4 Å². The first kappa shape index (κ1) is 19.4. The van der Waals surface area contributed by atoms with Crippen LogP contribution in [0.25, 0.3) is 0 Å². The SMILES string of the molecule is CC(C)(C)c1ccc(S(=O)(=O)NCCS(=O)(=O)N2CCCC2)cc1. The summed E-state index contributed by atoms with van der Waals surface area (Å²) < 4.78 is 52.6. The third-order valence-electron chi connectivity index (χ3n) is 4.14. The first-order valence-corrected chi connectivity index (χ1v) is 11.2. The van der Waals surface area contributed by atoms with Crippen molar-refractivity contribution in [2.45, 2.75) is 43.9 Å². The molecule has 24 heavy (non-hydrogen) atoms. The van der Waals surface area contributed by atoms with E-state index in [1.807, 2.05) is 0 Å². The Balaban J connectivity index is 1.98. The minimum Gasteiger partial charge on any atom is -0.212 e. The van der Waals surface area contributed by atoms with Crippen molar-refractivity contribution in [2.75, 3.05) is 25.4 Å². The van der Waals surface area contributed by atoms with E-state index in [0.29, 0.717) is 13.1 Å². The second-order valence-corrected chi connectivity index (χ2v) is 10.9. The number of hydrogen-bond acceptors (Lipinski definition) is 4. The normalized spacial score (nSPS) is 17.3. The van der Waals surface area contributed by atoms with Crippen LogP contribution in [0.15, 0.2) is 29.2 Å². The fraction of sp³-hybridized carbons (Fsp3) is 0.625. The van der Waals surface area contributed by atoms with Crippen LogP contribution in [-0.4, -0.2) is 46.5 Å². The number of nitrogens with one attached hydrogen (secondary N) is 1. The van der Waals surface area contributed by atoms with Gasteiger partial charge in [0.25, 0.3) is 0 Å². The molecule has 0 spiro atoms. The first-order valence-electron chi connectivity index (χ1n) is 8.10. The Morgan fingerprint density at radius 1 is 1.00 bits per heavy atom. The van der Waals surface area contributed by atoms with Gasteiger partial charge >= 0.3 is 0 Å². The maximum Gasteiger partial charge on any atom is 0.240 e. The van der Waals surface area contributed by atoms with Crippen LogP contribution in [0.4, 0.5) is 0 Å². The lowest BCUT2D eigenvalue weighted by atomic mass is 9.87. The monoisotopic (exact) mass is 374 g/mol. The highest BCUT2D eigenvalue weighted by atomic mass is 32.2. The zero-order valence-electron chi connectivity index (χ0n) is 14.4. The minimum absolute atomic E-state index is 0.0560. The summed E-state index contributed by atoms with van der Waals surface area (Å²) in [5.41, 5.74) is 0.984. The van der Waals surface area contributed by atoms with E-state index in [1.54, 1.807) is 24.3 Å². The van der Waals surface area contributed by atoms with Gasteiger partial charge in [-0.1, -0.05) is 32.9 Å². The summed E-state index contributed by atoms with van der Waals surface area (Å²) in [6.45, 7) is 7.10. The molecule has 0 amide bonds. The van der Waals surface area contributed by atoms with Crippen molar-refractivity contribution in [2.24, 2.45) is 0 Å². The second-order valence-electron chi connectivity index (χ2n) is 7.09. The van der Waals surface area contributed by atoms with Crippen LogP contribution >= 0.6 is 0 Å². The molecule has 0 radical (unpaired) electrons. The predicted octanol–water partition coefficient (Wildman–Crippen LogP) is 1.69. The summed E-state index contributed by atoms with van der Waals surface area (Å²) in [7, 11) is -7.09. The van der Waals surface area contributed by atoms with Gasteiger partial charge in [0, 0.05) is 19.6 Å². The minimum atomic E-state index is -3.70. The van der Waals surface area contributed by atoms with Gasteiger partial charge in [0.2, 0.25) is 20.0 Å². The molecule has 0 atom stereocenters. The van der Waals surface area contributed by atoms with Gasteiger partial charge in [0.1, 0.15) is 0 Å². The molecule has 0 bridgehead atoms. The molecule has 1 fully saturated rings. The molecule has 0 aromatic heterocycles. The van der Waals surface area contributed by atoms with Crippen molar-refractivity contribution < 1.29 is 16.8 Å². The van der Waals surface area contributed by atoms with E-state index in [-0.39, 0.29) is 22.6 Å². The number of benzene rings is 1. The van der Waals surface area contributed by atoms with Crippen molar-refractivity contribution in [1.29, 1.82) is 0 Å². The van der Waals surface area contributed by atoms with Gasteiger partial charge in [0.15, 0.2) is 0 Å². The Hall–Kier alpha value is -0.960. The third-order valence-corrected chi connectivity index (χ3v) is 7.49. The molecule has 0 unspecified atom stereocenters. The van der Waals surface area contributed by atoms with E-state index < -0.39 is 20.0 Å². The van der Waals surface area contributed by atoms with Crippen molar-refractivity contribution in [3.8, 4) is 0 Å². The molecule has 1 heterocycles. The fourth-order valence-corrected chi connectivity index (χ4v) is 5.21. The van der Waals surface area contributed by atoms with Gasteiger partial charge in [-0.25, -0.2) is 25.9 Å². The largest absolute Gasteiger partial charge is 0.240 e. The van der Waals surface area contributed by atoms with E-state index in [9.17, 15) is 16.8 Å². The van der Waals surface area contributed by atoms with E-state index in [1.165, 1.54) is 4.31 Å². The lowest BCUT2D eigenvalue weighted by Crippen LogP contribution is -2.36. The smallest absolute Gasteiger partial charge is 0.212 e. The molecular weight excluding hydrogens is 348 g/mol. The Labute approximate surface area is 145 Å². The molecule has 1 aliphatic rings. The lowest BCUT2D eigenvalue weighted by molar-refractivity contribution is 0.477. The van der Waals surface area contributed by atoms with Gasteiger partial charge in [-0.3, -0.25) is 0 Å². The summed E-state index contributed by atoms with van der Waals surface area (Å²) in [6.07, 6.45) is 1.73. The molecule has 1 saturated heterocycles. The highest BCUT2D eigenvalue weighted by molar-refractivity contribution is 7.90. The van der Waals surface area contributed by atoms with Gasteiger partial charge in [-0.15, -0.1) is 0 Å². The number of nitrogens with zero attached hydrogens (tertiary/aromatic N) is 1. The maximum atomic E-state index is 12.3. The number of rotatable bonds is 6. The molecule has 6 nitrogen and oxygen atoms in total. The van der Waals surface area contributed by atoms with Crippen molar-refractivity contribution in [1.82, 2.24) is 9.03 Å². The summed E-state index contributed by atoms with van der Waals surface area (Å²) in [5.74, 6) is -0.216. The number of hydrogen-bond donors (Lipinski definition) is 1. The van der Waals surface area contributed by atoms with E-state index in [2.05, 4.69) is 25.5 Å². The van der Waals surface area contributed by atoms with Crippen molar-refractivity contribution >= 4 is 20.0 Å². The van der Waals surface area contributed by atoms with Crippen LogP contribution in [0.3, 0.4) is 0 Å². The van der Waals surface area contributed by atoms with Crippen LogP contribution < -0.4 is 4.72 Å². The molecule has 136 valence electrons. The Morgan fingerprint density at radius 3 is 2.04 bits per heavy atom. The zero-order valence-corrected chi connectivity index (χ0v) is 16.1. The van der Waals surface area contributed by atoms with E-state index in [4.69, 9.17) is 0 Å². The highest BCUT2D eigenvalue weighted by Crippen LogP contribution is 2.23. The van der Waals surface area contributed by atoms with Crippen LogP contribution in [0.1, 0.15) is 39.2 Å². The summed E-state index contributed by atoms with van der Waals surface area (Å²) >= 11 is 0. The van der Waals surface area contributed by atoms with Gasteiger partial charge < -0.3 is 0 Å². The highest BCUT2D eigenvalue weighted by Gasteiger charge is 2.25. The molecule has 0 saturated carbocycles. The molecule has 0 aliphatic carbocycles. The van der Waals surface area contributed by atoms with Crippen LogP contribution in [0, 0.1) is 0 Å². The summed E-state index contributed by atoms with van der Waals surface area (Å²) in [6, 6.07) is 6.68. The Bertz CT molecular complexity index is 757. The van der Waals surface area contributed by atoms with Crippen LogP contribution in [0.2, 0.25) is 0 Å². The third kappa shape index (κ3) is 4.78. The molecular formula is C16H26N2O4S2. The first-order chi connectivity index (χ1) is 11.0. The average molecular weight is 375 g/mol. The molecule has 8 heteroatoms. The van der Waals surface area contributed by atoms with Gasteiger partial charge in [0.05, 0.1) is 10.6 Å². The second kappa shape index (κ2) is 7.11. The van der Waals surface area contributed by atoms with Crippen molar-refractivity contribution in [3.05, 3.63) is 29.8 Å². The Morgan fingerprint density at radius 2 is 1.54 bits per heavy atom. The predicted molar refractivity (Wildman–Crippen MR) is 94.9 cm³/mol. The summed E-state index contributed by atoms with van der Waals surface area (Å²) in [5, 5.41) is 0. The topological polar surface area (TPSA) is 83.5 Å². The lowest BCUT2D eigenvalue weighted by Gasteiger charge is -2.19. The zero-order chi connectivity index (χ0) is 18.0. The number of sulfonamides is 2. The van der Waals surface area contributed by atoms with Gasteiger partial charge in [-0.2, -0.15) is 0 Å². The van der Waals surface area contributed by atoms with Crippen molar-refractivity contribution in [3.63, 3.8) is 0 Å². The fourth-order valence-electron chi connectivity index (χ4n) is 2.62. The van der Waals surface area contributed by atoms with Gasteiger partial charge in [-0.05, 0) is 36.0 Å². The standard InChI is InChI=1S/C16H26N2O4S2/c1-16(2,3)14-6-8-15(9-7-14)24(21,22)17-10-13-23(19,20)18-11-4-5-12-18/h6-9,17H,4-5,10-13H2,1-3H3. The molecule has 1 N–H and O–H groups in total. The van der Waals surface area contributed by atoms with Crippen LogP contribution in [0.5, 0.6) is 0 Å². The molecule has 2 rings (SSSR count). The maximum absolute atomic E-state index is 12.3. The molecule has 1 aromatic rings.